The van der Waals surface area contributed by atoms with Crippen LogP contribution in [0.1, 0.15) is 30.0 Å². The van der Waals surface area contributed by atoms with Gasteiger partial charge in [-0.25, -0.2) is 0 Å². The van der Waals surface area contributed by atoms with Crippen molar-refractivity contribution in [2.24, 2.45) is 0 Å². The first-order chi connectivity index (χ1) is 12.2. The van der Waals surface area contributed by atoms with E-state index in [-0.39, 0.29) is 11.9 Å². The molecule has 1 amide bonds. The molecule has 1 aliphatic rings. The predicted molar refractivity (Wildman–Crippen MR) is 99.8 cm³/mol. The van der Waals surface area contributed by atoms with Gasteiger partial charge in [-0.3, -0.25) is 9.69 Å². The molecule has 132 valence electrons. The molecule has 1 N–H and O–H groups in total. The molecule has 1 saturated heterocycles. The number of hydrogen-bond acceptors (Lipinski definition) is 3. The van der Waals surface area contributed by atoms with E-state index in [1.807, 2.05) is 36.4 Å². The van der Waals surface area contributed by atoms with E-state index in [2.05, 4.69) is 22.3 Å². The van der Waals surface area contributed by atoms with Crippen molar-refractivity contribution in [3.05, 3.63) is 64.7 Å². The Morgan fingerprint density at radius 3 is 2.92 bits per heavy atom. The fraction of sp³-hybridized carbons (Fsp3) is 0.350. The van der Waals surface area contributed by atoms with Crippen molar-refractivity contribution in [2.75, 3.05) is 20.2 Å². The van der Waals surface area contributed by atoms with Crippen LogP contribution in [0.25, 0.3) is 0 Å². The zero-order valence-electron chi connectivity index (χ0n) is 14.4. The van der Waals surface area contributed by atoms with Gasteiger partial charge in [-0.1, -0.05) is 35.9 Å². The SMILES string of the molecule is COc1cccc(C2CCCN2CC(=O)NCc2cccc(Cl)c2)c1. The van der Waals surface area contributed by atoms with Crippen molar-refractivity contribution in [2.45, 2.75) is 25.4 Å². The van der Waals surface area contributed by atoms with Crippen LogP contribution in [0.3, 0.4) is 0 Å². The van der Waals surface area contributed by atoms with E-state index >= 15 is 0 Å². The van der Waals surface area contributed by atoms with Gasteiger partial charge in [0.25, 0.3) is 0 Å². The van der Waals surface area contributed by atoms with Crippen LogP contribution in [0.5, 0.6) is 5.75 Å². The van der Waals surface area contributed by atoms with Gasteiger partial charge in [0.1, 0.15) is 5.75 Å². The average Bonchev–Trinajstić information content (AvgIpc) is 3.08. The molecule has 2 aromatic rings. The van der Waals surface area contributed by atoms with Crippen molar-refractivity contribution < 1.29 is 9.53 Å². The Bertz CT molecular complexity index is 735. The van der Waals surface area contributed by atoms with Gasteiger partial charge in [0.05, 0.1) is 13.7 Å². The minimum Gasteiger partial charge on any atom is -0.497 e. The number of hydrogen-bond donors (Lipinski definition) is 1. The lowest BCUT2D eigenvalue weighted by Gasteiger charge is -2.24. The Morgan fingerprint density at radius 2 is 2.12 bits per heavy atom. The van der Waals surface area contributed by atoms with E-state index in [9.17, 15) is 4.79 Å². The Labute approximate surface area is 153 Å². The van der Waals surface area contributed by atoms with Crippen LogP contribution in [-0.4, -0.2) is 31.0 Å². The number of carbonyl (C=O) groups excluding carboxylic acids is 1. The van der Waals surface area contributed by atoms with Crippen LogP contribution >= 0.6 is 11.6 Å². The number of rotatable bonds is 6. The highest BCUT2D eigenvalue weighted by Gasteiger charge is 2.27. The van der Waals surface area contributed by atoms with E-state index in [4.69, 9.17) is 16.3 Å². The summed E-state index contributed by atoms with van der Waals surface area (Å²) in [6, 6.07) is 15.9. The second kappa shape index (κ2) is 8.37. The summed E-state index contributed by atoms with van der Waals surface area (Å²) in [7, 11) is 1.68. The molecule has 0 saturated carbocycles. The van der Waals surface area contributed by atoms with Gasteiger partial charge in [-0.05, 0) is 54.8 Å². The molecule has 0 bridgehead atoms. The van der Waals surface area contributed by atoms with Crippen LogP contribution in [0.4, 0.5) is 0 Å². The molecule has 0 aromatic heterocycles. The maximum Gasteiger partial charge on any atom is 0.234 e. The van der Waals surface area contributed by atoms with Gasteiger partial charge in [0.15, 0.2) is 0 Å². The lowest BCUT2D eigenvalue weighted by molar-refractivity contribution is -0.122. The van der Waals surface area contributed by atoms with Gasteiger partial charge in [0.2, 0.25) is 5.91 Å². The molecule has 1 unspecified atom stereocenters. The van der Waals surface area contributed by atoms with Gasteiger partial charge in [-0.15, -0.1) is 0 Å². The number of ether oxygens (including phenoxy) is 1. The molecule has 1 fully saturated rings. The minimum atomic E-state index is 0.0368. The zero-order chi connectivity index (χ0) is 17.6. The monoisotopic (exact) mass is 358 g/mol. The number of benzene rings is 2. The minimum absolute atomic E-state index is 0.0368. The summed E-state index contributed by atoms with van der Waals surface area (Å²) < 4.78 is 5.32. The Kier molecular flexibility index (Phi) is 5.95. The third-order valence-corrected chi connectivity index (χ3v) is 4.80. The van der Waals surface area contributed by atoms with Crippen LogP contribution in [0.2, 0.25) is 5.02 Å². The first-order valence-corrected chi connectivity index (χ1v) is 8.92. The summed E-state index contributed by atoms with van der Waals surface area (Å²) >= 11 is 5.98. The second-order valence-corrected chi connectivity index (χ2v) is 6.75. The largest absolute Gasteiger partial charge is 0.497 e. The summed E-state index contributed by atoms with van der Waals surface area (Å²) in [5.41, 5.74) is 2.21. The van der Waals surface area contributed by atoms with E-state index in [1.54, 1.807) is 7.11 Å². The number of amides is 1. The molecule has 4 nitrogen and oxygen atoms in total. The van der Waals surface area contributed by atoms with Gasteiger partial charge >= 0.3 is 0 Å². The van der Waals surface area contributed by atoms with Crippen molar-refractivity contribution >= 4 is 17.5 Å². The predicted octanol–water partition coefficient (Wildman–Crippen LogP) is 3.80. The molecule has 3 rings (SSSR count). The summed E-state index contributed by atoms with van der Waals surface area (Å²) in [6.07, 6.45) is 2.16. The van der Waals surface area contributed by atoms with Crippen molar-refractivity contribution in [1.82, 2.24) is 10.2 Å². The summed E-state index contributed by atoms with van der Waals surface area (Å²) in [5, 5.41) is 3.67. The lowest BCUT2D eigenvalue weighted by Crippen LogP contribution is -2.36. The molecular weight excluding hydrogens is 336 g/mol. The number of carbonyl (C=O) groups is 1. The highest BCUT2D eigenvalue weighted by molar-refractivity contribution is 6.30. The highest BCUT2D eigenvalue weighted by Crippen LogP contribution is 2.33. The van der Waals surface area contributed by atoms with Crippen LogP contribution < -0.4 is 10.1 Å². The summed E-state index contributed by atoms with van der Waals surface area (Å²) in [5.74, 6) is 0.893. The van der Waals surface area contributed by atoms with Crippen LogP contribution in [-0.2, 0) is 11.3 Å². The Hall–Kier alpha value is -2.04. The third-order valence-electron chi connectivity index (χ3n) is 4.57. The summed E-state index contributed by atoms with van der Waals surface area (Å²) in [6.45, 7) is 1.84. The third kappa shape index (κ3) is 4.74. The fourth-order valence-electron chi connectivity index (χ4n) is 3.33. The molecule has 25 heavy (non-hydrogen) atoms. The molecule has 0 spiro atoms. The van der Waals surface area contributed by atoms with Gasteiger partial charge in [-0.2, -0.15) is 0 Å². The molecule has 1 heterocycles. The van der Waals surface area contributed by atoms with E-state index < -0.39 is 0 Å². The van der Waals surface area contributed by atoms with Gasteiger partial charge in [0, 0.05) is 17.6 Å². The molecule has 0 radical (unpaired) electrons. The Morgan fingerprint density at radius 1 is 1.28 bits per heavy atom. The molecule has 1 atom stereocenters. The normalized spacial score (nSPS) is 17.4. The highest BCUT2D eigenvalue weighted by atomic mass is 35.5. The average molecular weight is 359 g/mol. The number of nitrogens with zero attached hydrogens (tertiary/aromatic N) is 1. The van der Waals surface area contributed by atoms with Crippen molar-refractivity contribution in [3.8, 4) is 5.75 Å². The molecule has 2 aromatic carbocycles. The quantitative estimate of drug-likeness (QED) is 0.853. The van der Waals surface area contributed by atoms with E-state index in [0.717, 1.165) is 30.7 Å². The zero-order valence-corrected chi connectivity index (χ0v) is 15.1. The smallest absolute Gasteiger partial charge is 0.234 e. The topological polar surface area (TPSA) is 41.6 Å². The first kappa shape index (κ1) is 17.8. The van der Waals surface area contributed by atoms with E-state index in [0.29, 0.717) is 18.1 Å². The lowest BCUT2D eigenvalue weighted by atomic mass is 10.0. The van der Waals surface area contributed by atoms with Gasteiger partial charge < -0.3 is 10.1 Å². The van der Waals surface area contributed by atoms with E-state index in [1.165, 1.54) is 5.56 Å². The first-order valence-electron chi connectivity index (χ1n) is 8.55. The van der Waals surface area contributed by atoms with Crippen LogP contribution in [0.15, 0.2) is 48.5 Å². The van der Waals surface area contributed by atoms with Crippen molar-refractivity contribution in [1.29, 1.82) is 0 Å². The number of halogens is 1. The van der Waals surface area contributed by atoms with Crippen molar-refractivity contribution in [3.63, 3.8) is 0 Å². The molecule has 0 aliphatic carbocycles. The molecule has 1 aliphatic heterocycles. The maximum atomic E-state index is 12.3. The number of methoxy groups -OCH3 is 1. The second-order valence-electron chi connectivity index (χ2n) is 6.31. The number of likely N-dealkylation sites (tertiary alicyclic amines) is 1. The molecular formula is C20H23ClN2O2. The Balaban J connectivity index is 1.58. The van der Waals surface area contributed by atoms with Crippen LogP contribution in [0, 0.1) is 0 Å². The standard InChI is InChI=1S/C20H23ClN2O2/c1-25-18-8-3-6-16(12-18)19-9-4-10-23(19)14-20(24)22-13-15-5-2-7-17(21)11-15/h2-3,5-8,11-12,19H,4,9-10,13-14H2,1H3,(H,22,24). The molecule has 5 heteroatoms. The summed E-state index contributed by atoms with van der Waals surface area (Å²) in [4.78, 5) is 14.6. The maximum absolute atomic E-state index is 12.3. The number of nitrogens with one attached hydrogen (secondary N) is 1. The fourth-order valence-corrected chi connectivity index (χ4v) is 3.54.